The molecule has 1 heterocycles. The van der Waals surface area contributed by atoms with E-state index < -0.39 is 0 Å². The van der Waals surface area contributed by atoms with Gasteiger partial charge in [-0.2, -0.15) is 0 Å². The quantitative estimate of drug-likeness (QED) is 0.267. The minimum atomic E-state index is -0.183. The Morgan fingerprint density at radius 2 is 2.38 bits per heavy atom. The van der Waals surface area contributed by atoms with Crippen molar-refractivity contribution < 1.29 is 10.0 Å². The number of thiophene rings is 1. The fourth-order valence-corrected chi connectivity index (χ4v) is 2.81. The van der Waals surface area contributed by atoms with Gasteiger partial charge in [-0.05, 0) is 17.9 Å². The van der Waals surface area contributed by atoms with Gasteiger partial charge in [0.25, 0.3) is 0 Å². The maximum atomic E-state index is 11.4. The summed E-state index contributed by atoms with van der Waals surface area (Å²) in [6.45, 7) is 2.09. The second-order valence-corrected chi connectivity index (χ2v) is 5.65. The Morgan fingerprint density at radius 1 is 1.56 bits per heavy atom. The highest BCUT2D eigenvalue weighted by atomic mass is 32.2. The van der Waals surface area contributed by atoms with Crippen molar-refractivity contribution in [3.05, 3.63) is 17.5 Å². The van der Waals surface area contributed by atoms with Crippen LogP contribution in [0.4, 0.5) is 0 Å². The van der Waals surface area contributed by atoms with Crippen LogP contribution in [0.25, 0.3) is 0 Å². The summed E-state index contributed by atoms with van der Waals surface area (Å²) < 4.78 is 1.11. The highest BCUT2D eigenvalue weighted by Crippen LogP contribution is 2.23. The van der Waals surface area contributed by atoms with E-state index in [0.717, 1.165) is 28.5 Å². The molecule has 0 unspecified atom stereocenters. The number of rotatable bonds is 7. The number of hydrogen-bond donors (Lipinski definition) is 1. The third kappa shape index (κ3) is 5.01. The predicted octanol–water partition coefficient (Wildman–Crippen LogP) is 3.60. The van der Waals surface area contributed by atoms with Gasteiger partial charge in [0.2, 0.25) is 5.91 Å². The standard InChI is InChI=1S/C11H17NO2S2/c1-2-3-4-6-10(13)12(14)9-16-11-7-5-8-15-11/h5,7-8,14H,2-4,6,9H2,1H3. The number of nitrogens with zero attached hydrogens (tertiary/aromatic N) is 1. The molecule has 0 aliphatic heterocycles. The van der Waals surface area contributed by atoms with Crippen LogP contribution in [-0.2, 0) is 4.79 Å². The van der Waals surface area contributed by atoms with Crippen LogP contribution in [0.5, 0.6) is 0 Å². The molecule has 90 valence electrons. The van der Waals surface area contributed by atoms with Crippen LogP contribution in [0.1, 0.15) is 32.6 Å². The van der Waals surface area contributed by atoms with Gasteiger partial charge in [0.15, 0.2) is 0 Å². The van der Waals surface area contributed by atoms with Gasteiger partial charge in [0.05, 0.1) is 10.1 Å². The highest BCUT2D eigenvalue weighted by molar-refractivity contribution is 8.01. The molecule has 1 N–H and O–H groups in total. The maximum Gasteiger partial charge on any atom is 0.246 e. The van der Waals surface area contributed by atoms with Crippen LogP contribution in [-0.4, -0.2) is 22.1 Å². The lowest BCUT2D eigenvalue weighted by atomic mass is 10.2. The van der Waals surface area contributed by atoms with Gasteiger partial charge < -0.3 is 0 Å². The Kier molecular flexibility index (Phi) is 6.52. The predicted molar refractivity (Wildman–Crippen MR) is 67.8 cm³/mol. The third-order valence-corrected chi connectivity index (χ3v) is 4.20. The van der Waals surface area contributed by atoms with Crippen molar-refractivity contribution >= 4 is 29.0 Å². The average Bonchev–Trinajstić information content (AvgIpc) is 2.79. The van der Waals surface area contributed by atoms with Gasteiger partial charge in [0, 0.05) is 6.42 Å². The molecule has 1 amide bonds. The second kappa shape index (κ2) is 7.70. The number of unbranched alkanes of at least 4 members (excludes halogenated alkanes) is 2. The summed E-state index contributed by atoms with van der Waals surface area (Å²) in [6, 6.07) is 3.93. The van der Waals surface area contributed by atoms with E-state index in [-0.39, 0.29) is 5.91 Å². The van der Waals surface area contributed by atoms with E-state index in [4.69, 9.17) is 0 Å². The van der Waals surface area contributed by atoms with Gasteiger partial charge in [-0.25, -0.2) is 5.06 Å². The summed E-state index contributed by atoms with van der Waals surface area (Å²) in [6.07, 6.45) is 3.42. The first-order valence-electron chi connectivity index (χ1n) is 5.39. The SMILES string of the molecule is CCCCCC(=O)N(O)CSc1cccs1. The van der Waals surface area contributed by atoms with Crippen molar-refractivity contribution in [3.63, 3.8) is 0 Å². The molecule has 0 saturated heterocycles. The Labute approximate surface area is 104 Å². The molecule has 0 aliphatic carbocycles. The van der Waals surface area contributed by atoms with Crippen molar-refractivity contribution in [2.75, 3.05) is 5.88 Å². The first-order valence-corrected chi connectivity index (χ1v) is 7.26. The Bertz CT molecular complexity index is 301. The third-order valence-electron chi connectivity index (χ3n) is 2.11. The number of amides is 1. The number of carbonyl (C=O) groups is 1. The van der Waals surface area contributed by atoms with Crippen LogP contribution >= 0.6 is 23.1 Å². The number of thioether (sulfide) groups is 1. The monoisotopic (exact) mass is 259 g/mol. The molecule has 0 spiro atoms. The van der Waals surface area contributed by atoms with Crippen molar-refractivity contribution in [1.82, 2.24) is 5.06 Å². The zero-order valence-electron chi connectivity index (χ0n) is 9.39. The van der Waals surface area contributed by atoms with E-state index in [0.29, 0.717) is 12.3 Å². The first kappa shape index (κ1) is 13.5. The van der Waals surface area contributed by atoms with E-state index in [1.807, 2.05) is 17.5 Å². The Hall–Kier alpha value is -0.520. The van der Waals surface area contributed by atoms with E-state index >= 15 is 0 Å². The average molecular weight is 259 g/mol. The van der Waals surface area contributed by atoms with E-state index in [9.17, 15) is 10.0 Å². The molecule has 0 aliphatic rings. The molecule has 0 aromatic carbocycles. The molecule has 0 bridgehead atoms. The fourth-order valence-electron chi connectivity index (χ4n) is 1.20. The molecule has 0 atom stereocenters. The lowest BCUT2D eigenvalue weighted by molar-refractivity contribution is -0.160. The van der Waals surface area contributed by atoms with Gasteiger partial charge in [0.1, 0.15) is 0 Å². The maximum absolute atomic E-state index is 11.4. The smallest absolute Gasteiger partial charge is 0.246 e. The van der Waals surface area contributed by atoms with E-state index in [2.05, 4.69) is 6.92 Å². The molecule has 0 radical (unpaired) electrons. The molecular weight excluding hydrogens is 242 g/mol. The minimum Gasteiger partial charge on any atom is -0.285 e. The largest absolute Gasteiger partial charge is 0.285 e. The minimum absolute atomic E-state index is 0.183. The zero-order chi connectivity index (χ0) is 11.8. The van der Waals surface area contributed by atoms with Gasteiger partial charge >= 0.3 is 0 Å². The van der Waals surface area contributed by atoms with Crippen LogP contribution < -0.4 is 0 Å². The summed E-state index contributed by atoms with van der Waals surface area (Å²) in [5, 5.41) is 12.3. The lowest BCUT2D eigenvalue weighted by Gasteiger charge is -2.13. The summed E-state index contributed by atoms with van der Waals surface area (Å²) in [4.78, 5) is 11.4. The summed E-state index contributed by atoms with van der Waals surface area (Å²) >= 11 is 3.09. The van der Waals surface area contributed by atoms with Gasteiger partial charge in [-0.1, -0.05) is 37.6 Å². The van der Waals surface area contributed by atoms with E-state index in [1.165, 1.54) is 11.8 Å². The summed E-state index contributed by atoms with van der Waals surface area (Å²) in [7, 11) is 0. The molecule has 5 heteroatoms. The van der Waals surface area contributed by atoms with Gasteiger partial charge in [-0.3, -0.25) is 10.0 Å². The van der Waals surface area contributed by atoms with Crippen LogP contribution in [0.15, 0.2) is 21.7 Å². The zero-order valence-corrected chi connectivity index (χ0v) is 11.0. The number of hydroxylamine groups is 2. The molecule has 1 aromatic rings. The van der Waals surface area contributed by atoms with Crippen molar-refractivity contribution in [2.24, 2.45) is 0 Å². The van der Waals surface area contributed by atoms with Crippen LogP contribution in [0, 0.1) is 0 Å². The summed E-state index contributed by atoms with van der Waals surface area (Å²) in [5.41, 5.74) is 0. The topological polar surface area (TPSA) is 40.5 Å². The molecule has 0 saturated carbocycles. The Balaban J connectivity index is 2.18. The molecule has 16 heavy (non-hydrogen) atoms. The van der Waals surface area contributed by atoms with Gasteiger partial charge in [-0.15, -0.1) is 11.3 Å². The van der Waals surface area contributed by atoms with E-state index in [1.54, 1.807) is 11.3 Å². The highest BCUT2D eigenvalue weighted by Gasteiger charge is 2.10. The fraction of sp³-hybridized carbons (Fsp3) is 0.545. The second-order valence-electron chi connectivity index (χ2n) is 3.46. The lowest BCUT2D eigenvalue weighted by Crippen LogP contribution is -2.26. The molecule has 0 fully saturated rings. The molecule has 3 nitrogen and oxygen atoms in total. The summed E-state index contributed by atoms with van der Waals surface area (Å²) in [5.74, 6) is 0.128. The van der Waals surface area contributed by atoms with Crippen LogP contribution in [0.2, 0.25) is 0 Å². The number of hydrogen-bond acceptors (Lipinski definition) is 4. The molecular formula is C11H17NO2S2. The molecule has 1 rings (SSSR count). The first-order chi connectivity index (χ1) is 7.74. The van der Waals surface area contributed by atoms with Crippen molar-refractivity contribution in [3.8, 4) is 0 Å². The van der Waals surface area contributed by atoms with Crippen molar-refractivity contribution in [2.45, 2.75) is 36.8 Å². The normalized spacial score (nSPS) is 10.4. The molecule has 1 aromatic heterocycles. The number of carbonyl (C=O) groups excluding carboxylic acids is 1. The van der Waals surface area contributed by atoms with Crippen LogP contribution in [0.3, 0.4) is 0 Å². The van der Waals surface area contributed by atoms with Crippen molar-refractivity contribution in [1.29, 1.82) is 0 Å². The Morgan fingerprint density at radius 3 is 3.00 bits per heavy atom.